The maximum absolute atomic E-state index is 15.7. The van der Waals surface area contributed by atoms with Crippen molar-refractivity contribution in [1.29, 1.82) is 0 Å². The van der Waals surface area contributed by atoms with Crippen LogP contribution in [0.2, 0.25) is 0 Å². The summed E-state index contributed by atoms with van der Waals surface area (Å²) in [5.41, 5.74) is 0.560. The van der Waals surface area contributed by atoms with Gasteiger partial charge in [-0.3, -0.25) is 19.3 Å². The van der Waals surface area contributed by atoms with Gasteiger partial charge in [-0.25, -0.2) is 13.6 Å². The molecule has 2 bridgehead atoms. The zero-order chi connectivity index (χ0) is 33.2. The average Bonchev–Trinajstić information content (AvgIpc) is 3.62. The van der Waals surface area contributed by atoms with Crippen molar-refractivity contribution >= 4 is 23.8 Å². The summed E-state index contributed by atoms with van der Waals surface area (Å²) in [6, 6.07) is 11.0. The van der Waals surface area contributed by atoms with Crippen molar-refractivity contribution in [1.82, 2.24) is 9.58 Å². The minimum atomic E-state index is -1.03. The van der Waals surface area contributed by atoms with E-state index in [0.29, 0.717) is 18.5 Å². The molecule has 1 spiro atoms. The van der Waals surface area contributed by atoms with Crippen LogP contribution >= 0.6 is 11.8 Å². The van der Waals surface area contributed by atoms with Gasteiger partial charge in [0.15, 0.2) is 17.3 Å². The van der Waals surface area contributed by atoms with Crippen LogP contribution in [0.4, 0.5) is 13.6 Å². The van der Waals surface area contributed by atoms with E-state index in [-0.39, 0.29) is 48.0 Å². The lowest BCUT2D eigenvalue weighted by molar-refractivity contribution is -0.0758. The minimum Gasteiger partial charge on any atom is -0.451 e. The predicted octanol–water partition coefficient (Wildman–Crippen LogP) is 4.72. The number of ether oxygens (including phenoxy) is 5. The molecule has 14 heteroatoms. The molecule has 5 atom stereocenters. The number of methoxy groups -OCH3 is 1. The topological polar surface area (TPSA) is 109 Å². The Bertz CT molecular complexity index is 1860. The summed E-state index contributed by atoms with van der Waals surface area (Å²) in [5.74, 6) is -2.46. The summed E-state index contributed by atoms with van der Waals surface area (Å²) in [7, 11) is 1.46. The molecular formula is C34H33F2N3O8S. The number of carbonyl (C=O) groups is 2. The summed E-state index contributed by atoms with van der Waals surface area (Å²) >= 11 is 1.42. The summed E-state index contributed by atoms with van der Waals surface area (Å²) in [6.07, 6.45) is 3.19. The second-order valence-electron chi connectivity index (χ2n) is 12.6. The van der Waals surface area contributed by atoms with Gasteiger partial charge >= 0.3 is 6.16 Å². The number of carbonyl (C=O) groups excluding carboxylic acids is 2. The summed E-state index contributed by atoms with van der Waals surface area (Å²) in [5, 5.41) is 2.01. The first-order chi connectivity index (χ1) is 23.3. The number of pyridine rings is 1. The highest BCUT2D eigenvalue weighted by Gasteiger charge is 2.63. The van der Waals surface area contributed by atoms with Gasteiger partial charge < -0.3 is 28.6 Å². The van der Waals surface area contributed by atoms with E-state index in [4.69, 9.17) is 23.7 Å². The molecule has 1 aromatic heterocycles. The van der Waals surface area contributed by atoms with Gasteiger partial charge in [0, 0.05) is 48.0 Å². The van der Waals surface area contributed by atoms with Crippen LogP contribution in [0.5, 0.6) is 5.75 Å². The van der Waals surface area contributed by atoms with Crippen LogP contribution in [-0.4, -0.2) is 73.2 Å². The number of benzene rings is 2. The SMILES string of the molecule is COCCOC(=O)OCOc1c2n(ccc1=O)N([C@@H]1c3ccccc3SCc3c1ccc(F)c3F)[C@@H]1[C@H]3C[C@@H]4CC[C@@]3(CCN1C2=O)O4. The number of rotatable bonds is 7. The lowest BCUT2D eigenvalue weighted by Gasteiger charge is -2.57. The fraction of sp³-hybridized carbons (Fsp3) is 0.441. The van der Waals surface area contributed by atoms with Crippen LogP contribution in [0.1, 0.15) is 58.9 Å². The van der Waals surface area contributed by atoms with Gasteiger partial charge in [0.25, 0.3) is 5.91 Å². The fourth-order valence-corrected chi connectivity index (χ4v) is 9.29. The quantitative estimate of drug-likeness (QED) is 0.198. The van der Waals surface area contributed by atoms with E-state index in [0.717, 1.165) is 35.8 Å². The minimum absolute atomic E-state index is 0.0388. The molecule has 252 valence electrons. The molecule has 3 aromatic rings. The Morgan fingerprint density at radius 3 is 2.75 bits per heavy atom. The largest absolute Gasteiger partial charge is 0.511 e. The van der Waals surface area contributed by atoms with E-state index in [1.54, 1.807) is 15.6 Å². The molecule has 0 unspecified atom stereocenters. The number of nitrogens with zero attached hydrogens (tertiary/aromatic N) is 3. The monoisotopic (exact) mass is 681 g/mol. The second kappa shape index (κ2) is 12.1. The molecule has 48 heavy (non-hydrogen) atoms. The Morgan fingerprint density at radius 1 is 1.06 bits per heavy atom. The Morgan fingerprint density at radius 2 is 1.92 bits per heavy atom. The van der Waals surface area contributed by atoms with Crippen molar-refractivity contribution < 1.29 is 42.1 Å². The zero-order valence-electron chi connectivity index (χ0n) is 26.1. The number of hydrogen-bond acceptors (Lipinski definition) is 10. The molecular weight excluding hydrogens is 648 g/mol. The molecule has 8 rings (SSSR count). The normalized spacial score (nSPS) is 26.5. The molecule has 2 aromatic carbocycles. The van der Waals surface area contributed by atoms with Crippen LogP contribution < -0.4 is 15.2 Å². The first kappa shape index (κ1) is 31.1. The molecule has 5 aliphatic heterocycles. The van der Waals surface area contributed by atoms with Crippen LogP contribution in [0.25, 0.3) is 0 Å². The third kappa shape index (κ3) is 4.86. The van der Waals surface area contributed by atoms with E-state index in [1.807, 2.05) is 29.3 Å². The maximum atomic E-state index is 15.7. The number of piperidine rings is 1. The van der Waals surface area contributed by atoms with Gasteiger partial charge in [-0.2, -0.15) is 0 Å². The first-order valence-corrected chi connectivity index (χ1v) is 16.9. The number of hydrogen-bond donors (Lipinski definition) is 0. The summed E-state index contributed by atoms with van der Waals surface area (Å²) in [4.78, 5) is 42.6. The lowest BCUT2D eigenvalue weighted by Crippen LogP contribution is -2.70. The van der Waals surface area contributed by atoms with Crippen LogP contribution in [0, 0.1) is 17.6 Å². The Balaban J connectivity index is 1.29. The van der Waals surface area contributed by atoms with Crippen molar-refractivity contribution in [3.63, 3.8) is 0 Å². The van der Waals surface area contributed by atoms with E-state index in [2.05, 4.69) is 0 Å². The summed E-state index contributed by atoms with van der Waals surface area (Å²) < 4.78 is 59.1. The highest BCUT2D eigenvalue weighted by atomic mass is 32.2. The van der Waals surface area contributed by atoms with E-state index in [9.17, 15) is 18.8 Å². The maximum Gasteiger partial charge on any atom is 0.511 e. The van der Waals surface area contributed by atoms with Gasteiger partial charge in [-0.15, -0.1) is 11.8 Å². The molecule has 0 radical (unpaired) electrons. The van der Waals surface area contributed by atoms with Gasteiger partial charge in [0.05, 0.1) is 24.4 Å². The highest BCUT2D eigenvalue weighted by Crippen LogP contribution is 2.57. The smallest absolute Gasteiger partial charge is 0.451 e. The number of halogens is 2. The van der Waals surface area contributed by atoms with Crippen LogP contribution in [-0.2, 0) is 24.7 Å². The third-order valence-corrected chi connectivity index (χ3v) is 11.3. The van der Waals surface area contributed by atoms with Crippen LogP contribution in [0.3, 0.4) is 0 Å². The van der Waals surface area contributed by atoms with E-state index in [1.165, 1.54) is 31.1 Å². The van der Waals surface area contributed by atoms with E-state index >= 15 is 4.39 Å². The molecule has 11 nitrogen and oxygen atoms in total. The van der Waals surface area contributed by atoms with Crippen molar-refractivity contribution in [2.75, 3.05) is 38.7 Å². The molecule has 3 saturated heterocycles. The van der Waals surface area contributed by atoms with Crippen molar-refractivity contribution in [3.8, 4) is 5.75 Å². The van der Waals surface area contributed by atoms with Crippen molar-refractivity contribution in [2.24, 2.45) is 5.92 Å². The number of aromatic nitrogens is 1. The molecule has 0 N–H and O–H groups in total. The van der Waals surface area contributed by atoms with Gasteiger partial charge in [0.1, 0.15) is 12.8 Å². The average molecular weight is 682 g/mol. The number of fused-ring (bicyclic) bond motifs is 6. The first-order valence-electron chi connectivity index (χ1n) is 15.9. The second-order valence-corrected chi connectivity index (χ2v) is 13.6. The Hall–Kier alpha value is -4.14. The third-order valence-electron chi connectivity index (χ3n) is 10.2. The van der Waals surface area contributed by atoms with Gasteiger partial charge in [0.2, 0.25) is 18.0 Å². The number of thioether (sulfide) groups is 1. The van der Waals surface area contributed by atoms with Crippen LogP contribution in [0.15, 0.2) is 58.4 Å². The van der Waals surface area contributed by atoms with Gasteiger partial charge in [-0.1, -0.05) is 24.3 Å². The van der Waals surface area contributed by atoms with Crippen molar-refractivity contribution in [2.45, 2.75) is 60.2 Å². The fourth-order valence-electron chi connectivity index (χ4n) is 8.18. The van der Waals surface area contributed by atoms with Gasteiger partial charge in [-0.05, 0) is 48.9 Å². The predicted molar refractivity (Wildman–Crippen MR) is 167 cm³/mol. The molecule has 0 aliphatic carbocycles. The molecule has 6 heterocycles. The van der Waals surface area contributed by atoms with E-state index < -0.39 is 53.7 Å². The Labute approximate surface area is 278 Å². The van der Waals surface area contributed by atoms with Crippen molar-refractivity contribution in [3.05, 3.63) is 92.9 Å². The molecule has 3 fully saturated rings. The summed E-state index contributed by atoms with van der Waals surface area (Å²) in [6.45, 7) is -0.210. The molecule has 0 saturated carbocycles. The molecule has 1 amide bonds. The number of amides is 1. The zero-order valence-corrected chi connectivity index (χ0v) is 26.9. The standard InChI is InChI=1S/C34H33F2N3O8S/c1-43-14-15-44-33(42)46-18-45-30-25(40)9-12-38-29(30)32(41)37-13-11-34-10-8-19(47-34)16-23(34)31(37)39(38)28-20-6-7-24(35)27(36)22(20)17-48-26-5-3-2-4-21(26)28/h2-7,9,12,19,23,28,31H,8,10-11,13-18H2,1H3/t19-,23+,28-,31+,34-/m0/s1. The highest BCUT2D eigenvalue weighted by molar-refractivity contribution is 7.98. The molecule has 5 aliphatic rings. The lowest BCUT2D eigenvalue weighted by atomic mass is 9.71. The Kier molecular flexibility index (Phi) is 7.84.